The summed E-state index contributed by atoms with van der Waals surface area (Å²) >= 11 is 15.4. The van der Waals surface area contributed by atoms with Crippen molar-refractivity contribution >= 4 is 71.9 Å². The molecule has 78 valence electrons. The minimum absolute atomic E-state index is 0.0219. The SMILES string of the molecule is O=C(c1cc(Br)c(Br)s1)c1sccc1Cl. The summed E-state index contributed by atoms with van der Waals surface area (Å²) in [6, 6.07) is 3.53. The third-order valence-electron chi connectivity index (χ3n) is 1.69. The first-order valence-corrected chi connectivity index (χ1v) is 7.48. The quantitative estimate of drug-likeness (QED) is 0.647. The highest BCUT2D eigenvalue weighted by Gasteiger charge is 2.17. The van der Waals surface area contributed by atoms with Crippen LogP contribution in [-0.4, -0.2) is 5.78 Å². The van der Waals surface area contributed by atoms with Crippen molar-refractivity contribution in [3.8, 4) is 0 Å². The van der Waals surface area contributed by atoms with Crippen LogP contribution in [0.2, 0.25) is 5.02 Å². The molecule has 0 radical (unpaired) electrons. The Morgan fingerprint density at radius 3 is 2.60 bits per heavy atom. The van der Waals surface area contributed by atoms with E-state index in [1.54, 1.807) is 12.1 Å². The predicted molar refractivity (Wildman–Crippen MR) is 72.5 cm³/mol. The summed E-state index contributed by atoms with van der Waals surface area (Å²) in [5, 5.41) is 2.33. The third-order valence-corrected chi connectivity index (χ3v) is 6.29. The normalized spacial score (nSPS) is 10.6. The van der Waals surface area contributed by atoms with Crippen molar-refractivity contribution in [1.82, 2.24) is 0 Å². The van der Waals surface area contributed by atoms with Gasteiger partial charge in [-0.3, -0.25) is 4.79 Å². The second-order valence-corrected chi connectivity index (χ2v) is 7.21. The molecule has 0 aliphatic rings. The fraction of sp³-hybridized carbons (Fsp3) is 0. The van der Waals surface area contributed by atoms with Gasteiger partial charge in [0.2, 0.25) is 5.78 Å². The molecule has 0 saturated heterocycles. The van der Waals surface area contributed by atoms with E-state index in [1.807, 2.05) is 5.38 Å². The lowest BCUT2D eigenvalue weighted by Gasteiger charge is -1.93. The van der Waals surface area contributed by atoms with E-state index in [9.17, 15) is 4.79 Å². The summed E-state index contributed by atoms with van der Waals surface area (Å²) in [5.74, 6) is -0.0219. The molecule has 0 aromatic carbocycles. The van der Waals surface area contributed by atoms with Gasteiger partial charge in [0, 0.05) is 4.47 Å². The first kappa shape index (κ1) is 11.8. The summed E-state index contributed by atoms with van der Waals surface area (Å²) < 4.78 is 1.81. The smallest absolute Gasteiger partial charge is 0.214 e. The second kappa shape index (κ2) is 4.67. The molecule has 0 saturated carbocycles. The maximum absolute atomic E-state index is 12.0. The van der Waals surface area contributed by atoms with Gasteiger partial charge in [-0.2, -0.15) is 0 Å². The molecule has 15 heavy (non-hydrogen) atoms. The van der Waals surface area contributed by atoms with Gasteiger partial charge in [-0.25, -0.2) is 0 Å². The van der Waals surface area contributed by atoms with E-state index in [-0.39, 0.29) is 5.78 Å². The van der Waals surface area contributed by atoms with Crippen molar-refractivity contribution in [3.05, 3.63) is 40.5 Å². The van der Waals surface area contributed by atoms with Gasteiger partial charge in [0.15, 0.2) is 0 Å². The molecule has 1 nitrogen and oxygen atoms in total. The molecule has 2 aromatic rings. The Kier molecular flexibility index (Phi) is 3.67. The van der Waals surface area contributed by atoms with Crippen molar-refractivity contribution < 1.29 is 4.79 Å². The second-order valence-electron chi connectivity index (χ2n) is 2.66. The van der Waals surface area contributed by atoms with Crippen molar-refractivity contribution in [2.24, 2.45) is 0 Å². The number of carbonyl (C=O) groups is 1. The van der Waals surface area contributed by atoms with Gasteiger partial charge in [-0.1, -0.05) is 11.6 Å². The Labute approximate surface area is 116 Å². The molecule has 2 rings (SSSR count). The van der Waals surface area contributed by atoms with E-state index in [0.29, 0.717) is 14.8 Å². The van der Waals surface area contributed by atoms with Crippen LogP contribution >= 0.6 is 66.1 Å². The summed E-state index contributed by atoms with van der Waals surface area (Å²) in [6.07, 6.45) is 0. The minimum atomic E-state index is -0.0219. The number of hydrogen-bond donors (Lipinski definition) is 0. The molecule has 0 bridgehead atoms. The molecule has 2 heterocycles. The zero-order chi connectivity index (χ0) is 11.0. The van der Waals surface area contributed by atoms with Crippen molar-refractivity contribution in [3.63, 3.8) is 0 Å². The molecule has 2 aromatic heterocycles. The largest absolute Gasteiger partial charge is 0.287 e. The van der Waals surface area contributed by atoms with Gasteiger partial charge >= 0.3 is 0 Å². The average Bonchev–Trinajstić information content (AvgIpc) is 2.74. The zero-order valence-corrected chi connectivity index (χ0v) is 12.7. The van der Waals surface area contributed by atoms with Crippen molar-refractivity contribution in [2.75, 3.05) is 0 Å². The van der Waals surface area contributed by atoms with Gasteiger partial charge in [0.1, 0.15) is 0 Å². The molecule has 0 unspecified atom stereocenters. The van der Waals surface area contributed by atoms with E-state index in [0.717, 1.165) is 8.26 Å². The number of ketones is 1. The molecule has 0 fully saturated rings. The number of carbonyl (C=O) groups excluding carboxylic acids is 1. The van der Waals surface area contributed by atoms with Gasteiger partial charge in [-0.15, -0.1) is 22.7 Å². The molecule has 0 aliphatic heterocycles. The molecule has 0 atom stereocenters. The van der Waals surface area contributed by atoms with E-state index in [4.69, 9.17) is 11.6 Å². The fourth-order valence-electron chi connectivity index (χ4n) is 1.03. The average molecular weight is 387 g/mol. The lowest BCUT2D eigenvalue weighted by Crippen LogP contribution is -1.95. The maximum atomic E-state index is 12.0. The molecule has 0 aliphatic carbocycles. The molecule has 0 amide bonds. The summed E-state index contributed by atoms with van der Waals surface area (Å²) in [4.78, 5) is 13.3. The van der Waals surface area contributed by atoms with Crippen LogP contribution in [0.1, 0.15) is 14.5 Å². The summed E-state index contributed by atoms with van der Waals surface area (Å²) in [5.41, 5.74) is 0. The lowest BCUT2D eigenvalue weighted by molar-refractivity contribution is 0.104. The van der Waals surface area contributed by atoms with Crippen LogP contribution in [0, 0.1) is 0 Å². The van der Waals surface area contributed by atoms with Gasteiger partial charge in [0.05, 0.1) is 18.6 Å². The monoisotopic (exact) mass is 384 g/mol. The predicted octanol–water partition coefficient (Wildman–Crippen LogP) is 5.22. The Morgan fingerprint density at radius 1 is 1.40 bits per heavy atom. The summed E-state index contributed by atoms with van der Waals surface area (Å²) in [6.45, 7) is 0. The number of rotatable bonds is 2. The van der Waals surface area contributed by atoms with Crippen LogP contribution in [0.3, 0.4) is 0 Å². The highest BCUT2D eigenvalue weighted by molar-refractivity contribution is 9.13. The highest BCUT2D eigenvalue weighted by Crippen LogP contribution is 2.35. The Morgan fingerprint density at radius 2 is 2.13 bits per heavy atom. The molecule has 6 heteroatoms. The Hall–Kier alpha value is 0.320. The molecule has 0 N–H and O–H groups in total. The topological polar surface area (TPSA) is 17.1 Å². The van der Waals surface area contributed by atoms with E-state index >= 15 is 0 Å². The molecule has 0 spiro atoms. The number of hydrogen-bond acceptors (Lipinski definition) is 3. The third kappa shape index (κ3) is 2.36. The van der Waals surface area contributed by atoms with Crippen LogP contribution in [-0.2, 0) is 0 Å². The maximum Gasteiger partial charge on any atom is 0.214 e. The van der Waals surface area contributed by atoms with Crippen LogP contribution in [0.4, 0.5) is 0 Å². The lowest BCUT2D eigenvalue weighted by atomic mass is 10.3. The van der Waals surface area contributed by atoms with E-state index in [2.05, 4.69) is 31.9 Å². The van der Waals surface area contributed by atoms with Crippen LogP contribution in [0.5, 0.6) is 0 Å². The van der Waals surface area contributed by atoms with E-state index in [1.165, 1.54) is 22.7 Å². The summed E-state index contributed by atoms with van der Waals surface area (Å²) in [7, 11) is 0. The van der Waals surface area contributed by atoms with Crippen molar-refractivity contribution in [2.45, 2.75) is 0 Å². The Bertz CT molecular complexity index is 498. The van der Waals surface area contributed by atoms with Gasteiger partial charge in [0.25, 0.3) is 0 Å². The Balaban J connectivity index is 2.41. The first-order valence-electron chi connectivity index (χ1n) is 3.82. The number of thiophene rings is 2. The standard InChI is InChI=1S/C9H3Br2ClOS2/c10-4-3-6(15-9(4)11)7(13)8-5(12)1-2-14-8/h1-3H. The van der Waals surface area contributed by atoms with Crippen LogP contribution in [0.25, 0.3) is 0 Å². The molecular weight excluding hydrogens is 383 g/mol. The van der Waals surface area contributed by atoms with Crippen LogP contribution < -0.4 is 0 Å². The molecular formula is C9H3Br2ClOS2. The first-order chi connectivity index (χ1) is 7.09. The number of halogens is 3. The fourth-order valence-corrected chi connectivity index (χ4v) is 4.17. The van der Waals surface area contributed by atoms with E-state index < -0.39 is 0 Å². The highest BCUT2D eigenvalue weighted by atomic mass is 79.9. The zero-order valence-electron chi connectivity index (χ0n) is 7.09. The minimum Gasteiger partial charge on any atom is -0.287 e. The van der Waals surface area contributed by atoms with Gasteiger partial charge < -0.3 is 0 Å². The van der Waals surface area contributed by atoms with Crippen LogP contribution in [0.15, 0.2) is 25.8 Å². The van der Waals surface area contributed by atoms with Crippen molar-refractivity contribution in [1.29, 1.82) is 0 Å². The van der Waals surface area contributed by atoms with Gasteiger partial charge in [-0.05, 0) is 49.4 Å².